The number of aryl methyl sites for hydroxylation is 1. The monoisotopic (exact) mass is 392 g/mol. The lowest BCUT2D eigenvalue weighted by Crippen LogP contribution is -2.07. The van der Waals surface area contributed by atoms with E-state index in [9.17, 15) is 14.4 Å². The Hall–Kier alpha value is -3.67. The summed E-state index contributed by atoms with van der Waals surface area (Å²) in [6.45, 7) is 5.80. The van der Waals surface area contributed by atoms with Gasteiger partial charge in [-0.1, -0.05) is 30.8 Å². The molecule has 148 valence electrons. The minimum atomic E-state index is -0.450. The Balaban J connectivity index is 1.75. The van der Waals surface area contributed by atoms with Crippen molar-refractivity contribution in [2.24, 2.45) is 0 Å². The zero-order chi connectivity index (χ0) is 20.8. The highest BCUT2D eigenvalue weighted by atomic mass is 16.5. The molecule has 1 heterocycles. The third-order valence-corrected chi connectivity index (χ3v) is 4.34. The molecule has 0 aliphatic heterocycles. The molecule has 0 aliphatic carbocycles. The molecule has 0 radical (unpaired) electrons. The van der Waals surface area contributed by atoms with Crippen molar-refractivity contribution in [1.82, 2.24) is 0 Å². The van der Waals surface area contributed by atoms with Crippen molar-refractivity contribution in [3.05, 3.63) is 76.7 Å². The van der Waals surface area contributed by atoms with Gasteiger partial charge in [-0.15, -0.1) is 0 Å². The van der Waals surface area contributed by atoms with Gasteiger partial charge in [0.05, 0.1) is 12.2 Å². The summed E-state index contributed by atoms with van der Waals surface area (Å²) < 4.78 is 15.3. The summed E-state index contributed by atoms with van der Waals surface area (Å²) in [4.78, 5) is 34.2. The summed E-state index contributed by atoms with van der Waals surface area (Å²) in [5.74, 6) is 0.000269. The Kier molecular flexibility index (Phi) is 6.24. The zero-order valence-corrected chi connectivity index (χ0v) is 16.0. The van der Waals surface area contributed by atoms with Crippen molar-refractivity contribution in [1.29, 1.82) is 0 Å². The highest BCUT2D eigenvalue weighted by Crippen LogP contribution is 2.24. The molecule has 0 fully saturated rings. The Morgan fingerprint density at radius 1 is 1.14 bits per heavy atom. The van der Waals surface area contributed by atoms with E-state index in [1.165, 1.54) is 0 Å². The van der Waals surface area contributed by atoms with Gasteiger partial charge in [-0.05, 0) is 55.2 Å². The van der Waals surface area contributed by atoms with E-state index in [1.807, 2.05) is 18.2 Å². The summed E-state index contributed by atoms with van der Waals surface area (Å²) in [5.41, 5.74) is 2.50. The number of hydrogen-bond acceptors (Lipinski definition) is 6. The molecule has 3 aromatic rings. The summed E-state index contributed by atoms with van der Waals surface area (Å²) in [7, 11) is 0. The van der Waals surface area contributed by atoms with Crippen LogP contribution in [0.15, 0.2) is 69.9 Å². The Bertz CT molecular complexity index is 1110. The van der Waals surface area contributed by atoms with Crippen LogP contribution < -0.4 is 10.4 Å². The number of rotatable bonds is 8. The van der Waals surface area contributed by atoms with Crippen LogP contribution in [0.1, 0.15) is 18.9 Å². The highest BCUT2D eigenvalue weighted by Gasteiger charge is 2.09. The maximum atomic E-state index is 12.4. The first-order valence-corrected chi connectivity index (χ1v) is 9.08. The lowest BCUT2D eigenvalue weighted by atomic mass is 10.0. The second kappa shape index (κ2) is 9.01. The molecule has 0 saturated heterocycles. The number of fused-ring (bicyclic) bond motifs is 1. The molecule has 0 atom stereocenters. The van der Waals surface area contributed by atoms with Crippen LogP contribution in [0.3, 0.4) is 0 Å². The fourth-order valence-electron chi connectivity index (χ4n) is 2.85. The van der Waals surface area contributed by atoms with E-state index in [-0.39, 0.29) is 0 Å². The van der Waals surface area contributed by atoms with Crippen LogP contribution >= 0.6 is 0 Å². The second-order valence-electron chi connectivity index (χ2n) is 6.58. The summed E-state index contributed by atoms with van der Waals surface area (Å²) >= 11 is 0. The average molecular weight is 392 g/mol. The van der Waals surface area contributed by atoms with Crippen LogP contribution in [-0.4, -0.2) is 19.0 Å². The second-order valence-corrected chi connectivity index (χ2v) is 6.58. The van der Waals surface area contributed by atoms with Crippen LogP contribution in [-0.2, 0) is 20.7 Å². The number of carbonyl (C=O) groups excluding carboxylic acids is 2. The van der Waals surface area contributed by atoms with Crippen LogP contribution in [0.4, 0.5) is 0 Å². The SMILES string of the molecule is C=C(C)C(=O)OCCCc1ccc2cc(-c3ccc(OC=O)cc3)c(=O)oc2c1. The van der Waals surface area contributed by atoms with Gasteiger partial charge in [0, 0.05) is 11.0 Å². The van der Waals surface area contributed by atoms with Crippen molar-refractivity contribution in [3.63, 3.8) is 0 Å². The molecule has 1 aromatic heterocycles. The molecule has 2 aromatic carbocycles. The summed E-state index contributed by atoms with van der Waals surface area (Å²) in [6.07, 6.45) is 1.34. The molecule has 29 heavy (non-hydrogen) atoms. The topological polar surface area (TPSA) is 82.8 Å². The lowest BCUT2D eigenvalue weighted by Gasteiger charge is -2.07. The van der Waals surface area contributed by atoms with Gasteiger partial charge in [0.2, 0.25) is 0 Å². The van der Waals surface area contributed by atoms with Crippen molar-refractivity contribution in [2.45, 2.75) is 19.8 Å². The van der Waals surface area contributed by atoms with Crippen LogP contribution in [0.2, 0.25) is 0 Å². The smallest absolute Gasteiger partial charge is 0.344 e. The van der Waals surface area contributed by atoms with E-state index >= 15 is 0 Å². The van der Waals surface area contributed by atoms with Gasteiger partial charge in [0.1, 0.15) is 11.3 Å². The summed E-state index contributed by atoms with van der Waals surface area (Å²) in [6, 6.07) is 14.0. The summed E-state index contributed by atoms with van der Waals surface area (Å²) in [5, 5.41) is 0.797. The van der Waals surface area contributed by atoms with Gasteiger partial charge in [0.15, 0.2) is 0 Å². The highest BCUT2D eigenvalue weighted by molar-refractivity contribution is 5.87. The Morgan fingerprint density at radius 2 is 1.90 bits per heavy atom. The standard InChI is InChI=1S/C23H20O6/c1-15(2)22(25)27-11-3-4-16-5-6-18-13-20(23(26)29-21(18)12-16)17-7-9-19(10-8-17)28-14-24/h5-10,12-14H,1,3-4,11H2,2H3. The number of benzene rings is 2. The molecule has 0 spiro atoms. The fraction of sp³-hybridized carbons (Fsp3) is 0.174. The van der Waals surface area contributed by atoms with Crippen LogP contribution in [0, 0.1) is 0 Å². The van der Waals surface area contributed by atoms with E-state index in [4.69, 9.17) is 13.9 Å². The first kappa shape index (κ1) is 20.1. The fourth-order valence-corrected chi connectivity index (χ4v) is 2.85. The molecule has 0 unspecified atom stereocenters. The minimum absolute atomic E-state index is 0.302. The van der Waals surface area contributed by atoms with Crippen molar-refractivity contribution in [3.8, 4) is 16.9 Å². The molecule has 0 aliphatic rings. The Labute approximate surface area is 167 Å². The molecule has 6 heteroatoms. The van der Waals surface area contributed by atoms with Crippen molar-refractivity contribution >= 4 is 23.4 Å². The van der Waals surface area contributed by atoms with Gasteiger partial charge in [-0.3, -0.25) is 4.79 Å². The maximum Gasteiger partial charge on any atom is 0.344 e. The van der Waals surface area contributed by atoms with Crippen molar-refractivity contribution in [2.75, 3.05) is 6.61 Å². The maximum absolute atomic E-state index is 12.4. The number of esters is 1. The van der Waals surface area contributed by atoms with E-state index < -0.39 is 11.6 Å². The first-order chi connectivity index (χ1) is 14.0. The lowest BCUT2D eigenvalue weighted by molar-refractivity contribution is -0.139. The van der Waals surface area contributed by atoms with Gasteiger partial charge < -0.3 is 13.9 Å². The molecule has 3 rings (SSSR count). The van der Waals surface area contributed by atoms with Gasteiger partial charge in [-0.2, -0.15) is 0 Å². The van der Waals surface area contributed by atoms with E-state index in [2.05, 4.69) is 6.58 Å². The first-order valence-electron chi connectivity index (χ1n) is 9.08. The van der Waals surface area contributed by atoms with Crippen molar-refractivity contribution < 1.29 is 23.5 Å². The predicted octanol–water partition coefficient (Wildman–Crippen LogP) is 4.05. The molecule has 0 saturated carbocycles. The number of carbonyl (C=O) groups is 2. The van der Waals surface area contributed by atoms with Gasteiger partial charge in [-0.25, -0.2) is 9.59 Å². The normalized spacial score (nSPS) is 10.5. The van der Waals surface area contributed by atoms with E-state index in [0.717, 1.165) is 10.9 Å². The third kappa shape index (κ3) is 4.99. The third-order valence-electron chi connectivity index (χ3n) is 4.34. The average Bonchev–Trinajstić information content (AvgIpc) is 2.71. The Morgan fingerprint density at radius 3 is 2.59 bits per heavy atom. The molecule has 6 nitrogen and oxygen atoms in total. The quantitative estimate of drug-likeness (QED) is 0.189. The van der Waals surface area contributed by atoms with Gasteiger partial charge >= 0.3 is 11.6 Å². The largest absolute Gasteiger partial charge is 0.462 e. The zero-order valence-electron chi connectivity index (χ0n) is 16.0. The molecular weight excluding hydrogens is 372 g/mol. The molecule has 0 N–H and O–H groups in total. The van der Waals surface area contributed by atoms with E-state index in [0.29, 0.717) is 54.0 Å². The molecule has 0 amide bonds. The van der Waals surface area contributed by atoms with E-state index in [1.54, 1.807) is 37.3 Å². The molecule has 0 bridgehead atoms. The minimum Gasteiger partial charge on any atom is -0.462 e. The number of hydrogen-bond donors (Lipinski definition) is 0. The van der Waals surface area contributed by atoms with Crippen LogP contribution in [0.25, 0.3) is 22.1 Å². The predicted molar refractivity (Wildman–Crippen MR) is 109 cm³/mol. The number of ether oxygens (including phenoxy) is 2. The van der Waals surface area contributed by atoms with Gasteiger partial charge in [0.25, 0.3) is 6.47 Å². The van der Waals surface area contributed by atoms with Crippen LogP contribution in [0.5, 0.6) is 5.75 Å². The molecular formula is C23H20O6.